The maximum absolute atomic E-state index is 12.1. The fourth-order valence-corrected chi connectivity index (χ4v) is 2.70. The van der Waals surface area contributed by atoms with Crippen LogP contribution in [0, 0.1) is 17.0 Å². The summed E-state index contributed by atoms with van der Waals surface area (Å²) in [7, 11) is 0. The number of ether oxygens (including phenoxy) is 1. The van der Waals surface area contributed by atoms with Crippen molar-refractivity contribution in [2.75, 3.05) is 11.9 Å². The Morgan fingerprint density at radius 3 is 2.85 bits per heavy atom. The van der Waals surface area contributed by atoms with Gasteiger partial charge in [0.1, 0.15) is 6.33 Å². The summed E-state index contributed by atoms with van der Waals surface area (Å²) >= 11 is 3.37. The topological polar surface area (TPSA) is 107 Å². The number of nitro groups is 1. The van der Waals surface area contributed by atoms with Crippen LogP contribution in [0.1, 0.15) is 5.56 Å². The van der Waals surface area contributed by atoms with Gasteiger partial charge in [0.25, 0.3) is 11.6 Å². The third-order valence-electron chi connectivity index (χ3n) is 3.59. The third-order valence-corrected chi connectivity index (χ3v) is 4.08. The van der Waals surface area contributed by atoms with Gasteiger partial charge < -0.3 is 10.1 Å². The summed E-state index contributed by atoms with van der Waals surface area (Å²) in [5.74, 6) is -0.175. The molecule has 132 valence electrons. The summed E-state index contributed by atoms with van der Waals surface area (Å²) in [6.07, 6.45) is 1.35. The van der Waals surface area contributed by atoms with Crippen molar-refractivity contribution >= 4 is 44.1 Å². The number of hydrogen-bond acceptors (Lipinski definition) is 6. The van der Waals surface area contributed by atoms with E-state index in [9.17, 15) is 14.9 Å². The summed E-state index contributed by atoms with van der Waals surface area (Å²) in [4.78, 5) is 30.8. The molecule has 26 heavy (non-hydrogen) atoms. The van der Waals surface area contributed by atoms with Crippen LogP contribution in [0.3, 0.4) is 0 Å². The number of benzene rings is 2. The molecule has 0 saturated carbocycles. The van der Waals surface area contributed by atoms with Gasteiger partial charge in [-0.05, 0) is 31.2 Å². The molecule has 1 N–H and O–H groups in total. The van der Waals surface area contributed by atoms with Crippen LogP contribution in [0.25, 0.3) is 10.9 Å². The minimum atomic E-state index is -0.494. The molecular weight excluding hydrogens is 404 g/mol. The zero-order chi connectivity index (χ0) is 18.7. The Morgan fingerprint density at radius 2 is 2.08 bits per heavy atom. The number of aryl methyl sites for hydroxylation is 1. The van der Waals surface area contributed by atoms with Crippen LogP contribution < -0.4 is 10.1 Å². The smallest absolute Gasteiger partial charge is 0.274 e. The lowest BCUT2D eigenvalue weighted by atomic mass is 10.2. The molecule has 0 bridgehead atoms. The molecule has 0 aliphatic heterocycles. The van der Waals surface area contributed by atoms with Crippen LogP contribution in [-0.4, -0.2) is 27.4 Å². The van der Waals surface area contributed by atoms with Gasteiger partial charge in [0.15, 0.2) is 6.61 Å². The Kier molecular flexibility index (Phi) is 5.08. The number of nitro benzene ring substituents is 1. The first-order valence-electron chi connectivity index (χ1n) is 7.52. The normalized spacial score (nSPS) is 10.5. The standard InChI is InChI=1S/C17H13BrN4O4/c1-10-2-4-12(7-15(10)22(24)25)21-16(23)8-26-17-13-6-11(18)3-5-14(13)19-9-20-17/h2-7,9H,8H2,1H3,(H,21,23). The molecule has 0 fully saturated rings. The maximum Gasteiger partial charge on any atom is 0.274 e. The highest BCUT2D eigenvalue weighted by atomic mass is 79.9. The summed E-state index contributed by atoms with van der Waals surface area (Å²) in [5.41, 5.74) is 1.47. The van der Waals surface area contributed by atoms with E-state index in [0.29, 0.717) is 22.2 Å². The van der Waals surface area contributed by atoms with Crippen LogP contribution in [0.2, 0.25) is 0 Å². The van der Waals surface area contributed by atoms with Crippen molar-refractivity contribution < 1.29 is 14.5 Å². The first kappa shape index (κ1) is 17.7. The number of nitrogens with zero attached hydrogens (tertiary/aromatic N) is 3. The van der Waals surface area contributed by atoms with E-state index < -0.39 is 10.8 Å². The summed E-state index contributed by atoms with van der Waals surface area (Å²) < 4.78 is 6.33. The highest BCUT2D eigenvalue weighted by molar-refractivity contribution is 9.10. The zero-order valence-electron chi connectivity index (χ0n) is 13.6. The Hall–Kier alpha value is -3.07. The molecule has 1 heterocycles. The molecule has 0 aliphatic rings. The highest BCUT2D eigenvalue weighted by Crippen LogP contribution is 2.25. The number of fused-ring (bicyclic) bond motifs is 1. The lowest BCUT2D eigenvalue weighted by Crippen LogP contribution is -2.20. The fraction of sp³-hybridized carbons (Fsp3) is 0.118. The van der Waals surface area contributed by atoms with Gasteiger partial charge in [0.05, 0.1) is 15.8 Å². The molecule has 0 aliphatic carbocycles. The summed E-state index contributed by atoms with van der Waals surface area (Å²) in [6.45, 7) is 1.34. The average molecular weight is 417 g/mol. The van der Waals surface area contributed by atoms with E-state index in [1.165, 1.54) is 12.4 Å². The van der Waals surface area contributed by atoms with Gasteiger partial charge in [-0.2, -0.15) is 0 Å². The number of nitrogens with one attached hydrogen (secondary N) is 1. The minimum absolute atomic E-state index is 0.0598. The predicted molar refractivity (Wildman–Crippen MR) is 99.2 cm³/mol. The first-order chi connectivity index (χ1) is 12.4. The van der Waals surface area contributed by atoms with Crippen molar-refractivity contribution in [3.8, 4) is 5.88 Å². The van der Waals surface area contributed by atoms with Crippen LogP contribution >= 0.6 is 15.9 Å². The molecular formula is C17H13BrN4O4. The quantitative estimate of drug-likeness (QED) is 0.502. The molecule has 1 amide bonds. The largest absolute Gasteiger partial charge is 0.467 e. The molecule has 9 heteroatoms. The van der Waals surface area contributed by atoms with E-state index in [4.69, 9.17) is 4.74 Å². The Labute approximate surface area is 156 Å². The van der Waals surface area contributed by atoms with Crippen molar-refractivity contribution in [3.05, 3.63) is 62.9 Å². The van der Waals surface area contributed by atoms with Gasteiger partial charge in [-0.1, -0.05) is 22.0 Å². The molecule has 0 unspecified atom stereocenters. The van der Waals surface area contributed by atoms with E-state index in [2.05, 4.69) is 31.2 Å². The van der Waals surface area contributed by atoms with E-state index in [-0.39, 0.29) is 18.2 Å². The van der Waals surface area contributed by atoms with Crippen molar-refractivity contribution in [1.82, 2.24) is 9.97 Å². The molecule has 3 aromatic rings. The second kappa shape index (κ2) is 7.44. The fourth-order valence-electron chi connectivity index (χ4n) is 2.34. The second-order valence-electron chi connectivity index (χ2n) is 5.44. The van der Waals surface area contributed by atoms with E-state index in [1.807, 2.05) is 6.07 Å². The third kappa shape index (κ3) is 3.94. The highest BCUT2D eigenvalue weighted by Gasteiger charge is 2.13. The predicted octanol–water partition coefficient (Wildman–Crippen LogP) is 3.63. The van der Waals surface area contributed by atoms with Crippen molar-refractivity contribution in [2.45, 2.75) is 6.92 Å². The van der Waals surface area contributed by atoms with Crippen LogP contribution in [0.4, 0.5) is 11.4 Å². The molecule has 1 aromatic heterocycles. The number of hydrogen-bond donors (Lipinski definition) is 1. The summed E-state index contributed by atoms with van der Waals surface area (Å²) in [5, 5.41) is 14.2. The SMILES string of the molecule is Cc1ccc(NC(=O)COc2ncnc3ccc(Br)cc23)cc1[N+](=O)[O-]. The van der Waals surface area contributed by atoms with Crippen molar-refractivity contribution in [1.29, 1.82) is 0 Å². The number of aromatic nitrogens is 2. The number of rotatable bonds is 5. The molecule has 0 atom stereocenters. The number of carbonyl (C=O) groups excluding carboxylic acids is 1. The monoisotopic (exact) mass is 416 g/mol. The van der Waals surface area contributed by atoms with Gasteiger partial charge in [-0.15, -0.1) is 0 Å². The van der Waals surface area contributed by atoms with E-state index in [1.54, 1.807) is 31.2 Å². The molecule has 8 nitrogen and oxygen atoms in total. The van der Waals surface area contributed by atoms with Crippen molar-refractivity contribution in [3.63, 3.8) is 0 Å². The average Bonchev–Trinajstić information content (AvgIpc) is 2.61. The van der Waals surface area contributed by atoms with Crippen LogP contribution in [0.15, 0.2) is 47.2 Å². The van der Waals surface area contributed by atoms with Gasteiger partial charge in [0.2, 0.25) is 5.88 Å². The maximum atomic E-state index is 12.1. The number of anilines is 1. The van der Waals surface area contributed by atoms with Gasteiger partial charge in [0, 0.05) is 21.8 Å². The minimum Gasteiger partial charge on any atom is -0.467 e. The van der Waals surface area contributed by atoms with E-state index in [0.717, 1.165) is 4.47 Å². The Balaban J connectivity index is 1.71. The van der Waals surface area contributed by atoms with Crippen molar-refractivity contribution in [2.24, 2.45) is 0 Å². The zero-order valence-corrected chi connectivity index (χ0v) is 15.2. The summed E-state index contributed by atoms with van der Waals surface area (Å²) in [6, 6.07) is 9.92. The number of amides is 1. The number of carbonyl (C=O) groups is 1. The molecule has 0 spiro atoms. The lowest BCUT2D eigenvalue weighted by molar-refractivity contribution is -0.385. The van der Waals surface area contributed by atoms with E-state index >= 15 is 0 Å². The Morgan fingerprint density at radius 1 is 1.27 bits per heavy atom. The Bertz CT molecular complexity index is 1010. The lowest BCUT2D eigenvalue weighted by Gasteiger charge is -2.09. The van der Waals surface area contributed by atoms with Crippen LogP contribution in [-0.2, 0) is 4.79 Å². The molecule has 2 aromatic carbocycles. The van der Waals surface area contributed by atoms with Gasteiger partial charge in [-0.25, -0.2) is 9.97 Å². The number of halogens is 1. The molecule has 3 rings (SSSR count). The van der Waals surface area contributed by atoms with Crippen LogP contribution in [0.5, 0.6) is 5.88 Å². The molecule has 0 radical (unpaired) electrons. The molecule has 0 saturated heterocycles. The first-order valence-corrected chi connectivity index (χ1v) is 8.31. The van der Waals surface area contributed by atoms with Gasteiger partial charge in [-0.3, -0.25) is 14.9 Å². The van der Waals surface area contributed by atoms with Gasteiger partial charge >= 0.3 is 0 Å². The second-order valence-corrected chi connectivity index (χ2v) is 6.35.